The number of hydrogen-bond donors (Lipinski definition) is 0. The van der Waals surface area contributed by atoms with Crippen LogP contribution >= 0.6 is 11.3 Å². The van der Waals surface area contributed by atoms with E-state index >= 15 is 0 Å². The number of fused-ring (bicyclic) bond motifs is 1. The van der Waals surface area contributed by atoms with Crippen LogP contribution in [0.2, 0.25) is 0 Å². The van der Waals surface area contributed by atoms with Gasteiger partial charge in [0, 0.05) is 86.1 Å². The van der Waals surface area contributed by atoms with E-state index in [0.29, 0.717) is 56.8 Å². The molecule has 2 aromatic rings. The fourth-order valence-corrected chi connectivity index (χ4v) is 6.73. The molecular formula is C36H41N5O9S. The molecular weight excluding hydrogens is 678 g/mol. The number of carbonyl (C=O) groups is 7. The number of hydrogen-bond acceptors (Lipinski definition) is 12. The number of allylic oxidation sites excluding steroid dienone is 4. The number of amides is 4. The quantitative estimate of drug-likeness (QED) is 0.148. The molecule has 4 rings (SSSR count). The maximum atomic E-state index is 13.4. The molecule has 1 saturated heterocycles. The van der Waals surface area contributed by atoms with E-state index < -0.39 is 29.3 Å². The summed E-state index contributed by atoms with van der Waals surface area (Å²) in [4.78, 5) is 100. The number of unbranched alkanes of at least 4 members (excludes halogenated alkanes) is 2. The third kappa shape index (κ3) is 9.12. The van der Waals surface area contributed by atoms with E-state index in [9.17, 15) is 38.8 Å². The molecule has 2 heterocycles. The van der Waals surface area contributed by atoms with Gasteiger partial charge >= 0.3 is 12.1 Å². The van der Waals surface area contributed by atoms with Crippen LogP contribution in [-0.2, 0) is 33.6 Å². The highest BCUT2D eigenvalue weighted by molar-refractivity contribution is 7.19. The van der Waals surface area contributed by atoms with E-state index in [1.807, 2.05) is 6.07 Å². The lowest BCUT2D eigenvalue weighted by atomic mass is 9.71. The number of hydroxylamine groups is 2. The lowest BCUT2D eigenvalue weighted by Crippen LogP contribution is -2.42. The van der Waals surface area contributed by atoms with Gasteiger partial charge in [0.2, 0.25) is 5.91 Å². The molecule has 0 atom stereocenters. The molecule has 51 heavy (non-hydrogen) atoms. The Morgan fingerprint density at radius 3 is 2.27 bits per heavy atom. The Morgan fingerprint density at radius 2 is 1.61 bits per heavy atom. The summed E-state index contributed by atoms with van der Waals surface area (Å²) < 4.78 is 6.35. The first-order valence-corrected chi connectivity index (χ1v) is 17.4. The molecule has 0 N–H and O–H groups in total. The molecule has 1 aliphatic heterocycles. The van der Waals surface area contributed by atoms with Gasteiger partial charge in [0.25, 0.3) is 11.8 Å². The summed E-state index contributed by atoms with van der Waals surface area (Å²) in [5.74, 6) is -2.30. The number of benzene rings is 1. The molecule has 15 heteroatoms. The maximum Gasteiger partial charge on any atom is 0.415 e. The Kier molecular flexibility index (Phi) is 12.2. The van der Waals surface area contributed by atoms with Crippen LogP contribution in [0.15, 0.2) is 40.5 Å². The van der Waals surface area contributed by atoms with Crippen molar-refractivity contribution in [3.63, 3.8) is 0 Å². The first-order valence-electron chi connectivity index (χ1n) is 16.6. The second-order valence-electron chi connectivity index (χ2n) is 13.3. The van der Waals surface area contributed by atoms with Crippen LogP contribution in [-0.4, -0.2) is 87.9 Å². The van der Waals surface area contributed by atoms with Crippen molar-refractivity contribution in [2.24, 2.45) is 5.41 Å². The van der Waals surface area contributed by atoms with Gasteiger partial charge in [-0.1, -0.05) is 20.3 Å². The van der Waals surface area contributed by atoms with Gasteiger partial charge in [0.1, 0.15) is 11.8 Å². The Morgan fingerprint density at radius 1 is 0.941 bits per heavy atom. The predicted molar refractivity (Wildman–Crippen MR) is 185 cm³/mol. The van der Waals surface area contributed by atoms with E-state index in [4.69, 9.17) is 9.57 Å². The molecule has 4 amide bonds. The van der Waals surface area contributed by atoms with Gasteiger partial charge in [0.15, 0.2) is 16.6 Å². The highest BCUT2D eigenvalue weighted by atomic mass is 32.1. The number of carbonyl (C=O) groups excluding carboxylic acids is 7. The largest absolute Gasteiger partial charge is 0.415 e. The minimum atomic E-state index is -0.931. The van der Waals surface area contributed by atoms with Crippen LogP contribution in [0.4, 0.5) is 4.79 Å². The Balaban J connectivity index is 1.38. The molecule has 0 bridgehead atoms. The molecule has 270 valence electrons. The zero-order chi connectivity index (χ0) is 37.6. The van der Waals surface area contributed by atoms with Crippen molar-refractivity contribution in [1.29, 1.82) is 5.26 Å². The van der Waals surface area contributed by atoms with Crippen molar-refractivity contribution in [3.05, 3.63) is 45.5 Å². The van der Waals surface area contributed by atoms with Crippen molar-refractivity contribution in [1.82, 2.24) is 19.8 Å². The summed E-state index contributed by atoms with van der Waals surface area (Å²) in [7, 11) is 1.60. The standard InChI is InChI=1S/C36H41N5O9S/c1-21-22(2)34(47)32(23(3)33(21)46)36(4,5)19-30(44)39(6)16-17-40(15-9-7-8-10-31(45)50-41-28(42)13-14-29(41)43)35(48)49-24-11-12-25-26(18-24)51-27(20-37)38-25/h11-12,18H,7-10,13-17,19H2,1-6H3. The number of nitrogens with zero attached hydrogens (tertiary/aromatic N) is 5. The Hall–Kier alpha value is -5.23. The fraction of sp³-hybridized carbons (Fsp3) is 0.472. The average molecular weight is 720 g/mol. The van der Waals surface area contributed by atoms with Crippen molar-refractivity contribution in [2.75, 3.05) is 26.7 Å². The number of ether oxygens (including phenoxy) is 1. The number of aromatic nitrogens is 1. The normalized spacial score (nSPS) is 15.1. The lowest BCUT2D eigenvalue weighted by Gasteiger charge is -2.33. The fourth-order valence-electron chi connectivity index (χ4n) is 5.94. The average Bonchev–Trinajstić information content (AvgIpc) is 3.64. The third-order valence-electron chi connectivity index (χ3n) is 9.01. The molecule has 0 radical (unpaired) electrons. The number of Topliss-reactive ketones (excluding diaryl/α,β-unsaturated/α-hetero) is 2. The summed E-state index contributed by atoms with van der Waals surface area (Å²) in [5.41, 5.74) is 1.10. The molecule has 1 aromatic carbocycles. The zero-order valence-corrected chi connectivity index (χ0v) is 30.4. The van der Waals surface area contributed by atoms with Gasteiger partial charge in [-0.3, -0.25) is 24.0 Å². The van der Waals surface area contributed by atoms with Gasteiger partial charge in [0.05, 0.1) is 10.2 Å². The van der Waals surface area contributed by atoms with Gasteiger partial charge in [-0.2, -0.15) is 5.26 Å². The molecule has 1 fully saturated rings. The monoisotopic (exact) mass is 719 g/mol. The van der Waals surface area contributed by atoms with Crippen molar-refractivity contribution < 1.29 is 43.1 Å². The second-order valence-corrected chi connectivity index (χ2v) is 14.3. The van der Waals surface area contributed by atoms with Crippen LogP contribution in [0.3, 0.4) is 0 Å². The topological polar surface area (TPSA) is 184 Å². The molecule has 14 nitrogen and oxygen atoms in total. The van der Waals surface area contributed by atoms with Crippen molar-refractivity contribution in [2.45, 2.75) is 79.6 Å². The van der Waals surface area contributed by atoms with Gasteiger partial charge in [-0.25, -0.2) is 14.6 Å². The summed E-state index contributed by atoms with van der Waals surface area (Å²) >= 11 is 1.17. The number of rotatable bonds is 14. The highest BCUT2D eigenvalue weighted by Gasteiger charge is 2.39. The smallest absolute Gasteiger partial charge is 0.410 e. The molecule has 1 aliphatic carbocycles. The summed E-state index contributed by atoms with van der Waals surface area (Å²) in [6, 6.07) is 6.84. The molecule has 2 aliphatic rings. The Labute approximate surface area is 299 Å². The van der Waals surface area contributed by atoms with Gasteiger partial charge < -0.3 is 19.4 Å². The zero-order valence-electron chi connectivity index (χ0n) is 29.6. The van der Waals surface area contributed by atoms with Crippen LogP contribution in [0, 0.1) is 16.7 Å². The molecule has 0 spiro atoms. The van der Waals surface area contributed by atoms with E-state index in [-0.39, 0.29) is 73.5 Å². The third-order valence-corrected chi connectivity index (χ3v) is 9.94. The molecule has 1 aromatic heterocycles. The predicted octanol–water partition coefficient (Wildman–Crippen LogP) is 4.82. The minimum Gasteiger partial charge on any atom is -0.410 e. The van der Waals surface area contributed by atoms with Crippen molar-refractivity contribution >= 4 is 62.9 Å². The number of nitriles is 1. The lowest BCUT2D eigenvalue weighted by molar-refractivity contribution is -0.197. The second kappa shape index (κ2) is 16.2. The first kappa shape index (κ1) is 38.6. The van der Waals surface area contributed by atoms with Crippen LogP contribution in [0.1, 0.15) is 84.6 Å². The number of likely N-dealkylation sites (N-methyl/N-ethyl adjacent to an activating group) is 1. The van der Waals surface area contributed by atoms with E-state index in [0.717, 1.165) is 0 Å². The van der Waals surface area contributed by atoms with Crippen LogP contribution < -0.4 is 4.74 Å². The van der Waals surface area contributed by atoms with Gasteiger partial charge in [-0.05, 0) is 45.7 Å². The van der Waals surface area contributed by atoms with Gasteiger partial charge in [-0.15, -0.1) is 16.4 Å². The Bertz CT molecular complexity index is 1880. The van der Waals surface area contributed by atoms with Crippen molar-refractivity contribution in [3.8, 4) is 11.8 Å². The highest BCUT2D eigenvalue weighted by Crippen LogP contribution is 2.39. The number of imide groups is 1. The number of ketones is 2. The molecule has 0 unspecified atom stereocenters. The summed E-state index contributed by atoms with van der Waals surface area (Å²) in [5, 5.41) is 9.96. The van der Waals surface area contributed by atoms with E-state index in [2.05, 4.69) is 4.98 Å². The first-order chi connectivity index (χ1) is 24.0. The number of thiazole rings is 1. The summed E-state index contributed by atoms with van der Waals surface area (Å²) in [6.45, 7) is 8.83. The maximum absolute atomic E-state index is 13.4. The van der Waals surface area contributed by atoms with E-state index in [1.54, 1.807) is 59.9 Å². The summed E-state index contributed by atoms with van der Waals surface area (Å²) in [6.07, 6.45) is 0.598. The molecule has 0 saturated carbocycles. The van der Waals surface area contributed by atoms with Crippen LogP contribution in [0.25, 0.3) is 10.2 Å². The minimum absolute atomic E-state index is 0.00498. The van der Waals surface area contributed by atoms with E-state index in [1.165, 1.54) is 21.1 Å². The SMILES string of the molecule is CC1=C(C)C(=O)C(C(C)(C)CC(=O)N(C)CCN(CCCCCC(=O)ON2C(=O)CCC2=O)C(=O)Oc2ccc3nc(C#N)sc3c2)=C(C)C1=O. The van der Waals surface area contributed by atoms with Crippen LogP contribution in [0.5, 0.6) is 5.75 Å².